The molecule has 0 saturated heterocycles. The van der Waals surface area contributed by atoms with Crippen LogP contribution < -0.4 is 10.6 Å². The number of rotatable bonds is 6. The van der Waals surface area contributed by atoms with Crippen molar-refractivity contribution < 1.29 is 9.59 Å². The molecule has 0 fully saturated rings. The van der Waals surface area contributed by atoms with Crippen LogP contribution in [0.15, 0.2) is 71.6 Å². The molecule has 148 valence electrons. The van der Waals surface area contributed by atoms with Crippen molar-refractivity contribution in [3.63, 3.8) is 0 Å². The van der Waals surface area contributed by atoms with E-state index < -0.39 is 0 Å². The van der Waals surface area contributed by atoms with Gasteiger partial charge >= 0.3 is 0 Å². The first-order valence-corrected chi connectivity index (χ1v) is 10.4. The predicted molar refractivity (Wildman–Crippen MR) is 121 cm³/mol. The van der Waals surface area contributed by atoms with Gasteiger partial charge in [0.1, 0.15) is 0 Å². The number of benzene rings is 3. The minimum Gasteiger partial charge on any atom is -0.325 e. The first-order chi connectivity index (χ1) is 13.9. The standard InChI is InChI=1S/C24H24N2O2S/c1-16-7-4-5-10-21(16)24(28)25-19-11-13-20(14-12-19)29-15-22(27)26-23-17(2)8-6-9-18(23)3/h4-14H,15H2,1-3H3,(H,25,28)(H,26,27). The zero-order valence-corrected chi connectivity index (χ0v) is 17.6. The number of para-hydroxylation sites is 1. The minimum absolute atomic E-state index is 0.0377. The summed E-state index contributed by atoms with van der Waals surface area (Å²) in [6.07, 6.45) is 0. The molecule has 0 radical (unpaired) electrons. The van der Waals surface area contributed by atoms with Crippen LogP contribution in [0.1, 0.15) is 27.0 Å². The largest absolute Gasteiger partial charge is 0.325 e. The van der Waals surface area contributed by atoms with Crippen LogP contribution in [0.5, 0.6) is 0 Å². The molecule has 0 bridgehead atoms. The van der Waals surface area contributed by atoms with E-state index in [1.807, 2.05) is 87.5 Å². The molecule has 3 rings (SSSR count). The molecule has 5 heteroatoms. The van der Waals surface area contributed by atoms with Gasteiger partial charge in [0.15, 0.2) is 0 Å². The summed E-state index contributed by atoms with van der Waals surface area (Å²) in [5, 5.41) is 5.90. The van der Waals surface area contributed by atoms with Gasteiger partial charge in [-0.2, -0.15) is 0 Å². The maximum Gasteiger partial charge on any atom is 0.255 e. The Morgan fingerprint density at radius 3 is 2.03 bits per heavy atom. The quantitative estimate of drug-likeness (QED) is 0.526. The Bertz CT molecular complexity index is 1010. The fraction of sp³-hybridized carbons (Fsp3) is 0.167. The summed E-state index contributed by atoms with van der Waals surface area (Å²) >= 11 is 1.46. The van der Waals surface area contributed by atoms with E-state index in [0.29, 0.717) is 11.3 Å². The lowest BCUT2D eigenvalue weighted by Crippen LogP contribution is -2.15. The Morgan fingerprint density at radius 2 is 1.38 bits per heavy atom. The molecule has 0 spiro atoms. The number of anilines is 2. The number of aryl methyl sites for hydroxylation is 3. The van der Waals surface area contributed by atoms with Crippen LogP contribution in [0.3, 0.4) is 0 Å². The fourth-order valence-electron chi connectivity index (χ4n) is 3.00. The average molecular weight is 405 g/mol. The smallest absolute Gasteiger partial charge is 0.255 e. The number of hydrogen-bond acceptors (Lipinski definition) is 3. The summed E-state index contributed by atoms with van der Waals surface area (Å²) < 4.78 is 0. The van der Waals surface area contributed by atoms with Crippen molar-refractivity contribution in [2.24, 2.45) is 0 Å². The van der Waals surface area contributed by atoms with Crippen LogP contribution in [0.25, 0.3) is 0 Å². The Hall–Kier alpha value is -3.05. The van der Waals surface area contributed by atoms with E-state index in [4.69, 9.17) is 0 Å². The lowest BCUT2D eigenvalue weighted by molar-refractivity contribution is -0.113. The number of nitrogens with one attached hydrogen (secondary N) is 2. The summed E-state index contributed by atoms with van der Waals surface area (Å²) in [7, 11) is 0. The third-order valence-corrected chi connectivity index (χ3v) is 5.63. The Kier molecular flexibility index (Phi) is 6.73. The van der Waals surface area contributed by atoms with Gasteiger partial charge in [0.05, 0.1) is 5.75 Å². The van der Waals surface area contributed by atoms with E-state index >= 15 is 0 Å². The highest BCUT2D eigenvalue weighted by molar-refractivity contribution is 8.00. The van der Waals surface area contributed by atoms with Crippen molar-refractivity contribution in [2.45, 2.75) is 25.7 Å². The second-order valence-electron chi connectivity index (χ2n) is 6.90. The van der Waals surface area contributed by atoms with Crippen LogP contribution in [0.2, 0.25) is 0 Å². The van der Waals surface area contributed by atoms with Crippen molar-refractivity contribution in [3.05, 3.63) is 89.0 Å². The number of carbonyl (C=O) groups is 2. The van der Waals surface area contributed by atoms with E-state index in [1.165, 1.54) is 11.8 Å². The van der Waals surface area contributed by atoms with Gasteiger partial charge in [0, 0.05) is 21.8 Å². The van der Waals surface area contributed by atoms with Crippen molar-refractivity contribution in [1.29, 1.82) is 0 Å². The molecule has 4 nitrogen and oxygen atoms in total. The van der Waals surface area contributed by atoms with E-state index in [2.05, 4.69) is 10.6 Å². The molecule has 0 aliphatic rings. The van der Waals surface area contributed by atoms with Crippen molar-refractivity contribution in [1.82, 2.24) is 0 Å². The second-order valence-corrected chi connectivity index (χ2v) is 7.95. The molecule has 0 saturated carbocycles. The predicted octanol–water partition coefficient (Wildman–Crippen LogP) is 5.59. The number of hydrogen-bond donors (Lipinski definition) is 2. The first kappa shape index (κ1) is 20.7. The van der Waals surface area contributed by atoms with Crippen molar-refractivity contribution >= 4 is 35.0 Å². The van der Waals surface area contributed by atoms with Gasteiger partial charge in [-0.3, -0.25) is 9.59 Å². The molecule has 0 heterocycles. The molecule has 3 aromatic rings. The third-order valence-electron chi connectivity index (χ3n) is 4.62. The van der Waals surface area contributed by atoms with Crippen LogP contribution in [0.4, 0.5) is 11.4 Å². The SMILES string of the molecule is Cc1ccccc1C(=O)Nc1ccc(SCC(=O)Nc2c(C)cccc2C)cc1. The molecule has 2 amide bonds. The Balaban J connectivity index is 1.55. The topological polar surface area (TPSA) is 58.2 Å². The monoisotopic (exact) mass is 404 g/mol. The molecular formula is C24H24N2O2S. The minimum atomic E-state index is -0.128. The van der Waals surface area contributed by atoms with Gasteiger partial charge in [-0.25, -0.2) is 0 Å². The molecule has 0 aliphatic heterocycles. The highest BCUT2D eigenvalue weighted by Crippen LogP contribution is 2.23. The van der Waals surface area contributed by atoms with Crippen LogP contribution >= 0.6 is 11.8 Å². The summed E-state index contributed by atoms with van der Waals surface area (Å²) in [4.78, 5) is 25.7. The second kappa shape index (κ2) is 9.43. The highest BCUT2D eigenvalue weighted by atomic mass is 32.2. The third kappa shape index (κ3) is 5.48. The Morgan fingerprint density at radius 1 is 0.759 bits per heavy atom. The Labute approximate surface area is 175 Å². The average Bonchev–Trinajstić information content (AvgIpc) is 2.70. The molecule has 0 unspecified atom stereocenters. The summed E-state index contributed by atoms with van der Waals surface area (Å²) in [5.41, 5.74) is 5.31. The van der Waals surface area contributed by atoms with Gasteiger partial charge in [-0.15, -0.1) is 11.8 Å². The van der Waals surface area contributed by atoms with E-state index in [-0.39, 0.29) is 11.8 Å². The molecule has 0 atom stereocenters. The molecule has 3 aromatic carbocycles. The maximum atomic E-state index is 12.4. The summed E-state index contributed by atoms with van der Waals surface area (Å²) in [6, 6.07) is 21.0. The van der Waals surface area contributed by atoms with Crippen molar-refractivity contribution in [3.8, 4) is 0 Å². The highest BCUT2D eigenvalue weighted by Gasteiger charge is 2.10. The number of carbonyl (C=O) groups excluding carboxylic acids is 2. The zero-order valence-electron chi connectivity index (χ0n) is 16.8. The van der Waals surface area contributed by atoms with Crippen molar-refractivity contribution in [2.75, 3.05) is 16.4 Å². The molecule has 0 aliphatic carbocycles. The zero-order chi connectivity index (χ0) is 20.8. The van der Waals surface area contributed by atoms with Crippen LogP contribution in [-0.4, -0.2) is 17.6 Å². The van der Waals surface area contributed by atoms with Gasteiger partial charge in [0.25, 0.3) is 5.91 Å². The normalized spacial score (nSPS) is 10.4. The van der Waals surface area contributed by atoms with E-state index in [9.17, 15) is 9.59 Å². The maximum absolute atomic E-state index is 12.4. The van der Waals surface area contributed by atoms with Crippen LogP contribution in [-0.2, 0) is 4.79 Å². The van der Waals surface area contributed by atoms with Crippen LogP contribution in [0, 0.1) is 20.8 Å². The van der Waals surface area contributed by atoms with E-state index in [1.54, 1.807) is 0 Å². The van der Waals surface area contributed by atoms with E-state index in [0.717, 1.165) is 33.0 Å². The lowest BCUT2D eigenvalue weighted by atomic mass is 10.1. The summed E-state index contributed by atoms with van der Waals surface area (Å²) in [5.74, 6) is 0.156. The van der Waals surface area contributed by atoms with Gasteiger partial charge in [0.2, 0.25) is 5.91 Å². The molecule has 2 N–H and O–H groups in total. The lowest BCUT2D eigenvalue weighted by Gasteiger charge is -2.11. The molecule has 29 heavy (non-hydrogen) atoms. The van der Waals surface area contributed by atoms with Gasteiger partial charge in [-0.1, -0.05) is 36.4 Å². The molecular weight excluding hydrogens is 380 g/mol. The van der Waals surface area contributed by atoms with Gasteiger partial charge < -0.3 is 10.6 Å². The fourth-order valence-corrected chi connectivity index (χ4v) is 3.70. The first-order valence-electron chi connectivity index (χ1n) is 9.40. The number of amides is 2. The summed E-state index contributed by atoms with van der Waals surface area (Å²) in [6.45, 7) is 5.89. The number of thioether (sulfide) groups is 1. The molecule has 0 aromatic heterocycles. The van der Waals surface area contributed by atoms with Gasteiger partial charge in [-0.05, 0) is 67.8 Å².